The van der Waals surface area contributed by atoms with Gasteiger partial charge in [-0.05, 0) is 37.8 Å². The number of aliphatic hydroxyl groups excluding tert-OH is 1. The Bertz CT molecular complexity index is 621. The van der Waals surface area contributed by atoms with Crippen LogP contribution in [-0.4, -0.2) is 41.8 Å². The number of oxime groups is 1. The summed E-state index contributed by atoms with van der Waals surface area (Å²) in [5, 5.41) is 14.3. The number of hydrogen-bond donors (Lipinski definition) is 1. The molecule has 1 spiro atoms. The molecular formula is C18H23NO4. The van der Waals surface area contributed by atoms with E-state index in [9.17, 15) is 5.11 Å². The quantitative estimate of drug-likeness (QED) is 0.931. The van der Waals surface area contributed by atoms with Crippen LogP contribution in [0, 0.1) is 6.92 Å². The van der Waals surface area contributed by atoms with Gasteiger partial charge in [0.2, 0.25) is 0 Å². The summed E-state index contributed by atoms with van der Waals surface area (Å²) in [5.74, 6) is 0.833. The molecule has 0 bridgehead atoms. The van der Waals surface area contributed by atoms with Crippen molar-refractivity contribution >= 4 is 5.71 Å². The summed E-state index contributed by atoms with van der Waals surface area (Å²) >= 11 is 0. The zero-order valence-corrected chi connectivity index (χ0v) is 13.5. The fourth-order valence-electron chi connectivity index (χ4n) is 3.59. The third kappa shape index (κ3) is 2.83. The highest BCUT2D eigenvalue weighted by Crippen LogP contribution is 2.35. The van der Waals surface area contributed by atoms with Gasteiger partial charge in [0.1, 0.15) is 11.9 Å². The maximum atomic E-state index is 9.98. The summed E-state index contributed by atoms with van der Waals surface area (Å²) in [6.07, 6.45) is 3.98. The van der Waals surface area contributed by atoms with E-state index < -0.39 is 0 Å². The first-order valence-corrected chi connectivity index (χ1v) is 8.44. The summed E-state index contributed by atoms with van der Waals surface area (Å²) in [6.45, 7) is 3.38. The van der Waals surface area contributed by atoms with Gasteiger partial charge in [0.25, 0.3) is 0 Å². The van der Waals surface area contributed by atoms with Gasteiger partial charge in [0.05, 0.1) is 25.0 Å². The first-order valence-electron chi connectivity index (χ1n) is 8.44. The Hall–Kier alpha value is -1.59. The molecule has 1 saturated carbocycles. The van der Waals surface area contributed by atoms with E-state index in [-0.39, 0.29) is 17.8 Å². The Balaban J connectivity index is 1.52. The molecule has 1 aliphatic carbocycles. The minimum atomic E-state index is -0.357. The van der Waals surface area contributed by atoms with E-state index >= 15 is 0 Å². The molecule has 23 heavy (non-hydrogen) atoms. The predicted molar refractivity (Wildman–Crippen MR) is 85.9 cm³/mol. The molecule has 2 aliphatic heterocycles. The lowest BCUT2D eigenvalue weighted by molar-refractivity contribution is -0.0237. The molecule has 1 aromatic carbocycles. The number of aryl methyl sites for hydroxylation is 1. The van der Waals surface area contributed by atoms with Gasteiger partial charge in [0, 0.05) is 18.4 Å². The predicted octanol–water partition coefficient (Wildman–Crippen LogP) is 2.57. The maximum absolute atomic E-state index is 9.98. The van der Waals surface area contributed by atoms with Crippen molar-refractivity contribution in [3.63, 3.8) is 0 Å². The lowest BCUT2D eigenvalue weighted by atomic mass is 9.93. The summed E-state index contributed by atoms with van der Waals surface area (Å²) in [5.41, 5.74) is 2.79. The highest BCUT2D eigenvalue weighted by atomic mass is 16.7. The smallest absolute Gasteiger partial charge is 0.168 e. The van der Waals surface area contributed by atoms with Crippen LogP contribution in [0.2, 0.25) is 0 Å². The average molecular weight is 317 g/mol. The van der Waals surface area contributed by atoms with Crippen LogP contribution in [0.1, 0.15) is 43.2 Å². The van der Waals surface area contributed by atoms with Crippen molar-refractivity contribution in [2.45, 2.75) is 56.8 Å². The topological polar surface area (TPSA) is 60.3 Å². The van der Waals surface area contributed by atoms with Gasteiger partial charge in [-0.3, -0.25) is 0 Å². The van der Waals surface area contributed by atoms with E-state index in [1.165, 1.54) is 0 Å². The molecule has 0 amide bonds. The van der Waals surface area contributed by atoms with Gasteiger partial charge in [-0.15, -0.1) is 0 Å². The van der Waals surface area contributed by atoms with Gasteiger partial charge >= 0.3 is 0 Å². The Morgan fingerprint density at radius 3 is 3.00 bits per heavy atom. The summed E-state index contributed by atoms with van der Waals surface area (Å²) in [7, 11) is 0. The molecule has 2 fully saturated rings. The van der Waals surface area contributed by atoms with E-state index in [1.54, 1.807) is 0 Å². The minimum absolute atomic E-state index is 0.0970. The molecule has 1 N–H and O–H groups in total. The number of rotatable bonds is 3. The second-order valence-electron chi connectivity index (χ2n) is 6.93. The molecule has 3 atom stereocenters. The molecule has 0 radical (unpaired) electrons. The minimum Gasteiger partial charge on any atom is -0.487 e. The van der Waals surface area contributed by atoms with E-state index in [4.69, 9.17) is 14.3 Å². The molecule has 5 heteroatoms. The third-order valence-electron chi connectivity index (χ3n) is 5.12. The van der Waals surface area contributed by atoms with Crippen LogP contribution in [0.3, 0.4) is 0 Å². The SMILES string of the molecule is Cc1ccc(C2=NOC3(CCOC3)C2)cc1OC1CCCC1O. The molecule has 1 aromatic rings. The van der Waals surface area contributed by atoms with Crippen molar-refractivity contribution in [2.75, 3.05) is 13.2 Å². The van der Waals surface area contributed by atoms with Gasteiger partial charge in [-0.1, -0.05) is 17.3 Å². The Labute approximate surface area is 136 Å². The molecule has 2 heterocycles. The Kier molecular flexibility index (Phi) is 3.77. The summed E-state index contributed by atoms with van der Waals surface area (Å²) in [6, 6.07) is 6.13. The number of benzene rings is 1. The molecule has 0 aromatic heterocycles. The van der Waals surface area contributed by atoms with Crippen molar-refractivity contribution < 1.29 is 19.4 Å². The number of aliphatic hydroxyl groups is 1. The molecule has 3 aliphatic rings. The van der Waals surface area contributed by atoms with Gasteiger partial charge < -0.3 is 19.4 Å². The van der Waals surface area contributed by atoms with Crippen LogP contribution in [-0.2, 0) is 9.57 Å². The van der Waals surface area contributed by atoms with Crippen molar-refractivity contribution in [2.24, 2.45) is 5.16 Å². The molecule has 124 valence electrons. The van der Waals surface area contributed by atoms with Crippen LogP contribution >= 0.6 is 0 Å². The van der Waals surface area contributed by atoms with Crippen LogP contribution in [0.25, 0.3) is 0 Å². The maximum Gasteiger partial charge on any atom is 0.168 e. The molecule has 4 rings (SSSR count). The molecular weight excluding hydrogens is 294 g/mol. The Morgan fingerprint density at radius 2 is 2.26 bits per heavy atom. The molecule has 5 nitrogen and oxygen atoms in total. The van der Waals surface area contributed by atoms with E-state index in [2.05, 4.69) is 11.2 Å². The van der Waals surface area contributed by atoms with Crippen LogP contribution < -0.4 is 4.74 Å². The molecule has 3 unspecified atom stereocenters. The van der Waals surface area contributed by atoms with Crippen LogP contribution in [0.5, 0.6) is 5.75 Å². The van der Waals surface area contributed by atoms with Crippen molar-refractivity contribution in [1.29, 1.82) is 0 Å². The average Bonchev–Trinajstić information content (AvgIpc) is 3.27. The van der Waals surface area contributed by atoms with Crippen LogP contribution in [0.4, 0.5) is 0 Å². The highest BCUT2D eigenvalue weighted by Gasteiger charge is 2.43. The van der Waals surface area contributed by atoms with Crippen molar-refractivity contribution in [3.8, 4) is 5.75 Å². The fraction of sp³-hybridized carbons (Fsp3) is 0.611. The number of nitrogens with zero attached hydrogens (tertiary/aromatic N) is 1. The first-order chi connectivity index (χ1) is 11.2. The first kappa shape index (κ1) is 15.0. The third-order valence-corrected chi connectivity index (χ3v) is 5.12. The monoisotopic (exact) mass is 317 g/mol. The van der Waals surface area contributed by atoms with Gasteiger partial charge in [0.15, 0.2) is 5.60 Å². The standard InChI is InChI=1S/C18H23NO4/c1-12-5-6-13(9-17(12)22-16-4-2-3-15(16)20)14-10-18(23-19-14)7-8-21-11-18/h5-6,9,15-16,20H,2-4,7-8,10-11H2,1H3. The zero-order valence-electron chi connectivity index (χ0n) is 13.5. The van der Waals surface area contributed by atoms with Gasteiger partial charge in [-0.25, -0.2) is 0 Å². The summed E-state index contributed by atoms with van der Waals surface area (Å²) < 4.78 is 11.5. The largest absolute Gasteiger partial charge is 0.487 e. The van der Waals surface area contributed by atoms with Crippen molar-refractivity contribution in [3.05, 3.63) is 29.3 Å². The van der Waals surface area contributed by atoms with Crippen LogP contribution in [0.15, 0.2) is 23.4 Å². The lowest BCUT2D eigenvalue weighted by Gasteiger charge is -2.19. The van der Waals surface area contributed by atoms with E-state index in [0.717, 1.165) is 61.3 Å². The summed E-state index contributed by atoms with van der Waals surface area (Å²) in [4.78, 5) is 5.67. The highest BCUT2D eigenvalue weighted by molar-refractivity contribution is 6.02. The Morgan fingerprint density at radius 1 is 1.35 bits per heavy atom. The second kappa shape index (κ2) is 5.80. The van der Waals surface area contributed by atoms with Gasteiger partial charge in [-0.2, -0.15) is 0 Å². The van der Waals surface area contributed by atoms with E-state index in [1.807, 2.05) is 19.1 Å². The lowest BCUT2D eigenvalue weighted by Crippen LogP contribution is -2.29. The second-order valence-corrected chi connectivity index (χ2v) is 6.93. The van der Waals surface area contributed by atoms with E-state index in [0.29, 0.717) is 6.61 Å². The fourth-order valence-corrected chi connectivity index (χ4v) is 3.59. The normalized spacial score (nSPS) is 33.0. The molecule has 1 saturated heterocycles. The van der Waals surface area contributed by atoms with Crippen molar-refractivity contribution in [1.82, 2.24) is 0 Å². The zero-order chi connectivity index (χ0) is 15.9. The number of ether oxygens (including phenoxy) is 2. The number of hydrogen-bond acceptors (Lipinski definition) is 5.